The van der Waals surface area contributed by atoms with Gasteiger partial charge in [-0.1, -0.05) is 0 Å². The summed E-state index contributed by atoms with van der Waals surface area (Å²) in [6.45, 7) is 4.96. The van der Waals surface area contributed by atoms with Crippen molar-refractivity contribution >= 4 is 17.9 Å². The molecule has 2 aromatic carbocycles. The highest BCUT2D eigenvalue weighted by atomic mass is 19.4. The molecule has 2 fully saturated rings. The van der Waals surface area contributed by atoms with Gasteiger partial charge in [-0.2, -0.15) is 26.3 Å². The monoisotopic (exact) mass is 691 g/mol. The summed E-state index contributed by atoms with van der Waals surface area (Å²) < 4.78 is 98.3. The Morgan fingerprint density at radius 2 is 1.69 bits per heavy atom. The van der Waals surface area contributed by atoms with Crippen LogP contribution < -0.4 is 9.64 Å². The molecule has 3 heterocycles. The van der Waals surface area contributed by atoms with Crippen LogP contribution in [0.4, 0.5) is 37.0 Å². The second-order valence-corrected chi connectivity index (χ2v) is 12.5. The molecule has 2 aliphatic heterocycles. The van der Waals surface area contributed by atoms with E-state index in [1.54, 1.807) is 6.92 Å². The number of hydrogen-bond acceptors (Lipinski definition) is 7. The minimum Gasteiger partial charge on any atom is -0.496 e. The maximum Gasteiger partial charge on any atom is 0.416 e. The number of methoxy groups -OCH3 is 1. The van der Waals surface area contributed by atoms with Crippen molar-refractivity contribution < 1.29 is 50.1 Å². The molecule has 3 atom stereocenters. The number of benzene rings is 2. The van der Waals surface area contributed by atoms with Crippen LogP contribution in [-0.4, -0.2) is 54.8 Å². The van der Waals surface area contributed by atoms with Gasteiger partial charge in [0.1, 0.15) is 17.7 Å². The second kappa shape index (κ2) is 13.1. The maximum absolute atomic E-state index is 13.6. The molecule has 3 aliphatic rings. The van der Waals surface area contributed by atoms with Crippen molar-refractivity contribution in [3.05, 3.63) is 76.0 Å². The molecule has 0 bridgehead atoms. The van der Waals surface area contributed by atoms with E-state index in [1.807, 2.05) is 24.3 Å². The topological polar surface area (TPSA) is 81.2 Å². The summed E-state index contributed by atoms with van der Waals surface area (Å²) in [5, 5.41) is 0. The van der Waals surface area contributed by atoms with Gasteiger partial charge < -0.3 is 19.1 Å². The number of rotatable bonds is 9. The van der Waals surface area contributed by atoms with Crippen LogP contribution in [-0.2, 0) is 39.6 Å². The van der Waals surface area contributed by atoms with Crippen LogP contribution in [0.2, 0.25) is 0 Å². The molecule has 0 spiro atoms. The number of aromatic nitrogens is 1. The summed E-state index contributed by atoms with van der Waals surface area (Å²) in [5.41, 5.74) is 0.339. The highest BCUT2D eigenvalue weighted by molar-refractivity contribution is 5.78. The van der Waals surface area contributed by atoms with Crippen molar-refractivity contribution in [3.8, 4) is 16.9 Å². The zero-order valence-electron chi connectivity index (χ0n) is 27.1. The summed E-state index contributed by atoms with van der Waals surface area (Å²) in [5.74, 6) is 0.848. The lowest BCUT2D eigenvalue weighted by atomic mass is 9.92. The van der Waals surface area contributed by atoms with E-state index in [1.165, 1.54) is 18.9 Å². The molecule has 0 saturated carbocycles. The number of anilines is 1. The first-order valence-electron chi connectivity index (χ1n) is 16.1. The van der Waals surface area contributed by atoms with Crippen LogP contribution in [0.1, 0.15) is 78.6 Å². The average molecular weight is 692 g/mol. The number of nitrogens with zero attached hydrogens (tertiary/aromatic N) is 3. The Labute approximate surface area is 278 Å². The summed E-state index contributed by atoms with van der Waals surface area (Å²) in [4.78, 5) is 33.9. The SMILES string of the molecule is CCOC(=O)CC1CCc2cc(OC)c(-c3ccc(N4CCC4)nc3CN3C(=O)O[C@H](c4cc(C(F)(F)F)cc(C(F)(F)F)c4)C3C)cc21. The average Bonchev–Trinajstić information content (AvgIpc) is 3.53. The lowest BCUT2D eigenvalue weighted by Crippen LogP contribution is -2.38. The van der Waals surface area contributed by atoms with E-state index in [2.05, 4.69) is 4.90 Å². The van der Waals surface area contributed by atoms with Crippen molar-refractivity contribution in [2.24, 2.45) is 0 Å². The number of carbonyl (C=O) groups is 2. The van der Waals surface area contributed by atoms with Gasteiger partial charge >= 0.3 is 24.4 Å². The fourth-order valence-corrected chi connectivity index (χ4v) is 6.77. The molecule has 2 unspecified atom stereocenters. The Balaban J connectivity index is 1.38. The molecule has 14 heteroatoms. The van der Waals surface area contributed by atoms with E-state index in [0.717, 1.165) is 43.5 Å². The van der Waals surface area contributed by atoms with Crippen molar-refractivity contribution in [1.82, 2.24) is 9.88 Å². The minimum absolute atomic E-state index is 0.0431. The van der Waals surface area contributed by atoms with E-state index in [-0.39, 0.29) is 37.5 Å². The van der Waals surface area contributed by atoms with Crippen LogP contribution in [0, 0.1) is 0 Å². The standard InChI is InChI=1S/C35H35F6N3O5/c1-4-48-31(45)15-21-7-6-20-14-29(47-3)27(17-26(20)21)25-8-9-30(43-10-5-11-43)42-28(25)18-44-19(2)32(49-33(44)46)22-12-23(34(36,37)38)16-24(13-22)35(39,40)41/h8-9,12-14,16-17,19,21,32H,4-7,10-11,15,18H2,1-3H3/t19?,21?,32-/m0/s1. The van der Waals surface area contributed by atoms with Crippen LogP contribution in [0.3, 0.4) is 0 Å². The molecule has 262 valence electrons. The van der Waals surface area contributed by atoms with Gasteiger partial charge in [-0.15, -0.1) is 0 Å². The number of pyridine rings is 1. The molecular weight excluding hydrogens is 656 g/mol. The first-order chi connectivity index (χ1) is 23.2. The van der Waals surface area contributed by atoms with Crippen LogP contribution in [0.25, 0.3) is 11.1 Å². The van der Waals surface area contributed by atoms with Gasteiger partial charge in [-0.3, -0.25) is 9.69 Å². The van der Waals surface area contributed by atoms with Gasteiger partial charge in [0.05, 0.1) is 49.5 Å². The summed E-state index contributed by atoms with van der Waals surface area (Å²) in [6, 6.07) is 7.88. The molecule has 2 saturated heterocycles. The molecule has 1 amide bonds. The van der Waals surface area contributed by atoms with Gasteiger partial charge in [0, 0.05) is 24.2 Å². The highest BCUT2D eigenvalue weighted by Gasteiger charge is 2.44. The van der Waals surface area contributed by atoms with Gasteiger partial charge in [-0.25, -0.2) is 9.78 Å². The molecule has 0 N–H and O–H groups in total. The third-order valence-electron chi connectivity index (χ3n) is 9.46. The third-order valence-corrected chi connectivity index (χ3v) is 9.46. The normalized spacial score (nSPS) is 20.6. The predicted octanol–water partition coefficient (Wildman–Crippen LogP) is 8.07. The van der Waals surface area contributed by atoms with Crippen molar-refractivity contribution in [1.29, 1.82) is 0 Å². The molecule has 49 heavy (non-hydrogen) atoms. The molecule has 6 rings (SSSR count). The fourth-order valence-electron chi connectivity index (χ4n) is 6.77. The molecule has 1 aliphatic carbocycles. The van der Waals surface area contributed by atoms with Crippen LogP contribution in [0.15, 0.2) is 42.5 Å². The third kappa shape index (κ3) is 6.86. The number of hydrogen-bond donors (Lipinski definition) is 0. The number of alkyl halides is 6. The summed E-state index contributed by atoms with van der Waals surface area (Å²) >= 11 is 0. The number of aryl methyl sites for hydroxylation is 1. The Morgan fingerprint density at radius 3 is 2.29 bits per heavy atom. The molecular formula is C35H35F6N3O5. The number of ether oxygens (including phenoxy) is 3. The highest BCUT2D eigenvalue weighted by Crippen LogP contribution is 2.45. The smallest absolute Gasteiger partial charge is 0.416 e. The maximum atomic E-state index is 13.6. The van der Waals surface area contributed by atoms with E-state index in [4.69, 9.17) is 19.2 Å². The zero-order valence-corrected chi connectivity index (χ0v) is 27.1. The van der Waals surface area contributed by atoms with Crippen molar-refractivity contribution in [2.75, 3.05) is 31.7 Å². The number of esters is 1. The lowest BCUT2D eigenvalue weighted by Gasteiger charge is -2.33. The molecule has 0 radical (unpaired) electrons. The van der Waals surface area contributed by atoms with E-state index >= 15 is 0 Å². The largest absolute Gasteiger partial charge is 0.496 e. The van der Waals surface area contributed by atoms with E-state index < -0.39 is 47.3 Å². The van der Waals surface area contributed by atoms with E-state index in [9.17, 15) is 35.9 Å². The summed E-state index contributed by atoms with van der Waals surface area (Å²) in [6.07, 6.45) is -9.72. The Hall–Kier alpha value is -4.49. The number of cyclic esters (lactones) is 1. The van der Waals surface area contributed by atoms with Gasteiger partial charge in [0.15, 0.2) is 0 Å². The molecule has 8 nitrogen and oxygen atoms in total. The number of fused-ring (bicyclic) bond motifs is 1. The fraction of sp³-hybridized carbons (Fsp3) is 0.457. The Morgan fingerprint density at radius 1 is 1.00 bits per heavy atom. The minimum atomic E-state index is -5.05. The number of amides is 1. The quantitative estimate of drug-likeness (QED) is 0.166. The second-order valence-electron chi connectivity index (χ2n) is 12.5. The van der Waals surface area contributed by atoms with Gasteiger partial charge in [0.25, 0.3) is 0 Å². The number of halogens is 6. The predicted molar refractivity (Wildman–Crippen MR) is 166 cm³/mol. The Kier molecular flexibility index (Phi) is 9.18. The molecule has 1 aromatic heterocycles. The zero-order chi connectivity index (χ0) is 35.2. The molecule has 3 aromatic rings. The van der Waals surface area contributed by atoms with Gasteiger partial charge in [-0.05, 0) is 98.2 Å². The summed E-state index contributed by atoms with van der Waals surface area (Å²) in [7, 11) is 1.53. The first kappa shape index (κ1) is 34.4. The van der Waals surface area contributed by atoms with Crippen molar-refractivity contribution in [2.45, 2.75) is 76.5 Å². The van der Waals surface area contributed by atoms with Crippen LogP contribution >= 0.6 is 0 Å². The number of carbonyl (C=O) groups excluding carboxylic acids is 2. The van der Waals surface area contributed by atoms with Crippen LogP contribution in [0.5, 0.6) is 5.75 Å². The Bertz CT molecular complexity index is 1720. The van der Waals surface area contributed by atoms with Gasteiger partial charge in [0.2, 0.25) is 0 Å². The lowest BCUT2D eigenvalue weighted by molar-refractivity contribution is -0.144. The first-order valence-corrected chi connectivity index (χ1v) is 16.1. The van der Waals surface area contributed by atoms with Crippen molar-refractivity contribution in [3.63, 3.8) is 0 Å². The van der Waals surface area contributed by atoms with E-state index in [0.29, 0.717) is 40.5 Å².